The van der Waals surface area contributed by atoms with E-state index in [4.69, 9.17) is 0 Å². The third-order valence-corrected chi connectivity index (χ3v) is 3.33. The predicted octanol–water partition coefficient (Wildman–Crippen LogP) is 4.32. The molecule has 0 saturated heterocycles. The summed E-state index contributed by atoms with van der Waals surface area (Å²) in [6, 6.07) is 1.46. The minimum atomic E-state index is 0.684. The summed E-state index contributed by atoms with van der Waals surface area (Å²) in [5.74, 6) is 0.782. The number of rotatable bonds is 8. The van der Waals surface area contributed by atoms with Crippen molar-refractivity contribution in [1.29, 1.82) is 0 Å². The molecule has 0 aromatic rings. The molecule has 0 N–H and O–H groups in total. The maximum absolute atomic E-state index is 2.65. The summed E-state index contributed by atoms with van der Waals surface area (Å²) in [5, 5.41) is 0. The molecule has 92 valence electrons. The van der Waals surface area contributed by atoms with Crippen LogP contribution in [0.15, 0.2) is 0 Å². The van der Waals surface area contributed by atoms with Gasteiger partial charge in [-0.1, -0.05) is 47.0 Å². The monoisotopic (exact) mass is 213 g/mol. The summed E-state index contributed by atoms with van der Waals surface area (Å²) < 4.78 is 0. The molecule has 1 atom stereocenters. The van der Waals surface area contributed by atoms with Gasteiger partial charge in [-0.05, 0) is 32.7 Å². The minimum absolute atomic E-state index is 0.684. The summed E-state index contributed by atoms with van der Waals surface area (Å²) in [7, 11) is 0. The third kappa shape index (κ3) is 5.55. The van der Waals surface area contributed by atoms with Crippen molar-refractivity contribution in [2.75, 3.05) is 6.54 Å². The lowest BCUT2D eigenvalue weighted by Gasteiger charge is -2.36. The average molecular weight is 213 g/mol. The van der Waals surface area contributed by atoms with Gasteiger partial charge in [0.25, 0.3) is 0 Å². The molecule has 15 heavy (non-hydrogen) atoms. The second-order valence-electron chi connectivity index (χ2n) is 5.23. The Morgan fingerprint density at radius 2 is 1.53 bits per heavy atom. The largest absolute Gasteiger partial charge is 0.298 e. The van der Waals surface area contributed by atoms with E-state index < -0.39 is 0 Å². The quantitative estimate of drug-likeness (QED) is 0.543. The molecule has 0 bridgehead atoms. The van der Waals surface area contributed by atoms with Crippen LogP contribution < -0.4 is 0 Å². The second kappa shape index (κ2) is 8.15. The summed E-state index contributed by atoms with van der Waals surface area (Å²) in [6.07, 6.45) is 5.48. The van der Waals surface area contributed by atoms with Crippen molar-refractivity contribution >= 4 is 0 Å². The van der Waals surface area contributed by atoms with Gasteiger partial charge in [-0.25, -0.2) is 0 Å². The highest BCUT2D eigenvalue weighted by atomic mass is 15.2. The summed E-state index contributed by atoms with van der Waals surface area (Å²) in [4.78, 5) is 2.65. The number of nitrogens with zero attached hydrogens (tertiary/aromatic N) is 1. The Hall–Kier alpha value is -0.0400. The lowest BCUT2D eigenvalue weighted by molar-refractivity contribution is 0.115. The van der Waals surface area contributed by atoms with Gasteiger partial charge >= 0.3 is 0 Å². The fourth-order valence-electron chi connectivity index (χ4n) is 2.47. The van der Waals surface area contributed by atoms with Crippen LogP contribution in [0.25, 0.3) is 0 Å². The highest BCUT2D eigenvalue weighted by Gasteiger charge is 2.21. The first-order valence-corrected chi connectivity index (χ1v) is 6.80. The van der Waals surface area contributed by atoms with Crippen molar-refractivity contribution in [2.24, 2.45) is 5.92 Å². The van der Waals surface area contributed by atoms with Gasteiger partial charge in [0.15, 0.2) is 0 Å². The fourth-order valence-corrected chi connectivity index (χ4v) is 2.47. The second-order valence-corrected chi connectivity index (χ2v) is 5.23. The smallest absolute Gasteiger partial charge is 0.0121 e. The molecule has 1 unspecified atom stereocenters. The molecule has 0 heterocycles. The first kappa shape index (κ1) is 15.0. The molecular weight excluding hydrogens is 182 g/mol. The number of unbranched alkanes of at least 4 members (excludes halogenated alkanes) is 2. The van der Waals surface area contributed by atoms with E-state index >= 15 is 0 Å². The van der Waals surface area contributed by atoms with Crippen LogP contribution in [0.3, 0.4) is 0 Å². The molecule has 0 fully saturated rings. The Kier molecular flexibility index (Phi) is 8.13. The van der Waals surface area contributed by atoms with E-state index in [2.05, 4.69) is 46.4 Å². The zero-order valence-corrected chi connectivity index (χ0v) is 11.7. The molecule has 0 aliphatic heterocycles. The van der Waals surface area contributed by atoms with Gasteiger partial charge in [0.05, 0.1) is 0 Å². The van der Waals surface area contributed by atoms with Crippen LogP contribution in [0, 0.1) is 5.92 Å². The van der Waals surface area contributed by atoms with Crippen LogP contribution in [0.5, 0.6) is 0 Å². The lowest BCUT2D eigenvalue weighted by atomic mass is 9.95. The van der Waals surface area contributed by atoms with Crippen LogP contribution in [0.2, 0.25) is 0 Å². The number of hydrogen-bond acceptors (Lipinski definition) is 1. The molecule has 0 aliphatic carbocycles. The van der Waals surface area contributed by atoms with Crippen LogP contribution >= 0.6 is 0 Å². The van der Waals surface area contributed by atoms with Crippen LogP contribution in [0.1, 0.15) is 67.2 Å². The van der Waals surface area contributed by atoms with Crippen LogP contribution in [-0.4, -0.2) is 23.5 Å². The topological polar surface area (TPSA) is 3.24 Å². The lowest BCUT2D eigenvalue weighted by Crippen LogP contribution is -2.43. The molecule has 0 aliphatic rings. The van der Waals surface area contributed by atoms with Crippen molar-refractivity contribution < 1.29 is 0 Å². The molecule has 0 amide bonds. The van der Waals surface area contributed by atoms with Crippen LogP contribution in [-0.2, 0) is 0 Å². The van der Waals surface area contributed by atoms with Crippen molar-refractivity contribution in [3.05, 3.63) is 0 Å². The van der Waals surface area contributed by atoms with Gasteiger partial charge in [0.1, 0.15) is 0 Å². The summed E-state index contributed by atoms with van der Waals surface area (Å²) in [5.41, 5.74) is 0. The Balaban J connectivity index is 4.22. The standard InChI is InChI=1S/C14H31N/c1-7-9-10-11-14(12(3)4)15(8-2)13(5)6/h12-14H,7-11H2,1-6H3. The van der Waals surface area contributed by atoms with E-state index in [-0.39, 0.29) is 0 Å². The van der Waals surface area contributed by atoms with Gasteiger partial charge < -0.3 is 0 Å². The average Bonchev–Trinajstić information content (AvgIpc) is 2.16. The normalized spacial score (nSPS) is 14.2. The fraction of sp³-hybridized carbons (Fsp3) is 1.00. The van der Waals surface area contributed by atoms with Gasteiger partial charge in [-0.15, -0.1) is 0 Å². The Morgan fingerprint density at radius 1 is 0.933 bits per heavy atom. The molecule has 0 aromatic heterocycles. The molecule has 0 aromatic carbocycles. The SMILES string of the molecule is CCCCCC(C(C)C)N(CC)C(C)C. The molecule has 0 spiro atoms. The Morgan fingerprint density at radius 3 is 1.87 bits per heavy atom. The molecule has 0 radical (unpaired) electrons. The van der Waals surface area contributed by atoms with Crippen molar-refractivity contribution in [2.45, 2.75) is 79.3 Å². The van der Waals surface area contributed by atoms with Crippen molar-refractivity contribution in [3.63, 3.8) is 0 Å². The highest BCUT2D eigenvalue weighted by Crippen LogP contribution is 2.20. The molecule has 0 saturated carbocycles. The van der Waals surface area contributed by atoms with E-state index in [0.717, 1.165) is 12.0 Å². The maximum Gasteiger partial charge on any atom is 0.0121 e. The maximum atomic E-state index is 2.65. The predicted molar refractivity (Wildman–Crippen MR) is 70.3 cm³/mol. The first-order chi connectivity index (χ1) is 7.04. The van der Waals surface area contributed by atoms with Gasteiger partial charge in [-0.3, -0.25) is 4.90 Å². The van der Waals surface area contributed by atoms with E-state index in [1.807, 2.05) is 0 Å². The van der Waals surface area contributed by atoms with E-state index in [9.17, 15) is 0 Å². The van der Waals surface area contributed by atoms with Crippen LogP contribution in [0.4, 0.5) is 0 Å². The molecule has 0 rings (SSSR count). The zero-order chi connectivity index (χ0) is 11.8. The van der Waals surface area contributed by atoms with Gasteiger partial charge in [-0.2, -0.15) is 0 Å². The molecule has 1 nitrogen and oxygen atoms in total. The summed E-state index contributed by atoms with van der Waals surface area (Å²) in [6.45, 7) is 15.1. The number of hydrogen-bond donors (Lipinski definition) is 0. The van der Waals surface area contributed by atoms with Crippen molar-refractivity contribution in [1.82, 2.24) is 4.90 Å². The Bertz CT molecular complexity index is 140. The van der Waals surface area contributed by atoms with E-state index in [1.165, 1.54) is 32.2 Å². The van der Waals surface area contributed by atoms with E-state index in [1.54, 1.807) is 0 Å². The molecular formula is C14H31N. The van der Waals surface area contributed by atoms with Gasteiger partial charge in [0.2, 0.25) is 0 Å². The highest BCUT2D eigenvalue weighted by molar-refractivity contribution is 4.76. The van der Waals surface area contributed by atoms with Crippen molar-refractivity contribution in [3.8, 4) is 0 Å². The minimum Gasteiger partial charge on any atom is -0.298 e. The summed E-state index contributed by atoms with van der Waals surface area (Å²) >= 11 is 0. The zero-order valence-electron chi connectivity index (χ0n) is 11.7. The molecule has 1 heteroatoms. The van der Waals surface area contributed by atoms with Gasteiger partial charge in [0, 0.05) is 12.1 Å². The van der Waals surface area contributed by atoms with E-state index in [0.29, 0.717) is 6.04 Å². The first-order valence-electron chi connectivity index (χ1n) is 6.80. The third-order valence-electron chi connectivity index (χ3n) is 3.33. The Labute approximate surface area is 97.2 Å².